The monoisotopic (exact) mass is 557 g/mol. The van der Waals surface area contributed by atoms with Gasteiger partial charge in [-0.15, -0.1) is 0 Å². The molecule has 0 aliphatic carbocycles. The summed E-state index contributed by atoms with van der Waals surface area (Å²) >= 11 is 0. The van der Waals surface area contributed by atoms with Gasteiger partial charge in [-0.1, -0.05) is 0 Å². The predicted octanol–water partition coefficient (Wildman–Crippen LogP) is 2.59. The zero-order valence-electron chi connectivity index (χ0n) is 22.4. The van der Waals surface area contributed by atoms with Crippen LogP contribution >= 0.6 is 0 Å². The summed E-state index contributed by atoms with van der Waals surface area (Å²) in [6.07, 6.45) is 5.01. The van der Waals surface area contributed by atoms with Crippen LogP contribution in [0.5, 0.6) is 5.75 Å². The van der Waals surface area contributed by atoms with E-state index in [1.807, 2.05) is 22.9 Å². The number of rotatable bonds is 8. The largest absolute Gasteiger partial charge is 0.485 e. The molecule has 1 aliphatic heterocycles. The van der Waals surface area contributed by atoms with Crippen molar-refractivity contribution in [1.29, 1.82) is 0 Å². The minimum absolute atomic E-state index is 0.186. The normalized spacial score (nSPS) is 14.4. The average Bonchev–Trinajstić information content (AvgIpc) is 3.78. The Morgan fingerprint density at radius 2 is 1.95 bits per heavy atom. The van der Waals surface area contributed by atoms with Crippen molar-refractivity contribution in [3.8, 4) is 17.2 Å². The first-order chi connectivity index (χ1) is 20.0. The van der Waals surface area contributed by atoms with Gasteiger partial charge in [-0.05, 0) is 30.3 Å². The number of nitrogen functional groups attached to an aromatic ring is 1. The average molecular weight is 558 g/mol. The second-order valence-electron chi connectivity index (χ2n) is 9.94. The Bertz CT molecular complexity index is 1820. The number of aromatic nitrogens is 8. The molecule has 0 amide bonds. The zero-order chi connectivity index (χ0) is 27.9. The van der Waals surface area contributed by atoms with Crippen LogP contribution in [0.15, 0.2) is 59.6 Å². The molecule has 5 aromatic heterocycles. The summed E-state index contributed by atoms with van der Waals surface area (Å²) in [4.78, 5) is 13.1. The van der Waals surface area contributed by atoms with E-state index in [1.165, 1.54) is 6.07 Å². The summed E-state index contributed by atoms with van der Waals surface area (Å²) in [6.45, 7) is 4.65. The number of halogens is 1. The summed E-state index contributed by atoms with van der Waals surface area (Å²) in [5, 5.41) is 14.2. The molecule has 0 radical (unpaired) electrons. The van der Waals surface area contributed by atoms with Crippen LogP contribution in [0.25, 0.3) is 28.0 Å². The number of hydrogen-bond donors (Lipinski definition) is 1. The number of nitrogens with zero attached hydrogens (tertiary/aromatic N) is 10. The highest BCUT2D eigenvalue weighted by Crippen LogP contribution is 2.27. The molecule has 14 heteroatoms. The maximum absolute atomic E-state index is 15.0. The number of aryl methyl sites for hydroxylation is 1. The Morgan fingerprint density at radius 1 is 1.07 bits per heavy atom. The van der Waals surface area contributed by atoms with E-state index in [1.54, 1.807) is 47.2 Å². The van der Waals surface area contributed by atoms with Crippen molar-refractivity contribution in [1.82, 2.24) is 44.0 Å². The lowest BCUT2D eigenvalue weighted by Gasteiger charge is -2.36. The highest BCUT2D eigenvalue weighted by molar-refractivity contribution is 5.93. The van der Waals surface area contributed by atoms with E-state index in [2.05, 4.69) is 35.1 Å². The molecule has 1 aliphatic rings. The van der Waals surface area contributed by atoms with Gasteiger partial charge in [0.15, 0.2) is 17.2 Å². The van der Waals surface area contributed by atoms with Gasteiger partial charge < -0.3 is 19.8 Å². The van der Waals surface area contributed by atoms with Gasteiger partial charge in [0.2, 0.25) is 5.95 Å². The van der Waals surface area contributed by atoms with Gasteiger partial charge in [-0.3, -0.25) is 9.58 Å². The second-order valence-corrected chi connectivity index (χ2v) is 9.94. The molecule has 13 nitrogen and oxygen atoms in total. The Hall–Kier alpha value is -4.98. The molecule has 210 valence electrons. The fourth-order valence-electron chi connectivity index (χ4n) is 5.17. The fourth-order valence-corrected chi connectivity index (χ4v) is 5.17. The van der Waals surface area contributed by atoms with Crippen LogP contribution < -0.4 is 15.4 Å². The molecule has 2 N–H and O–H groups in total. The smallest absolute Gasteiger partial charge is 0.223 e. The van der Waals surface area contributed by atoms with E-state index in [4.69, 9.17) is 14.9 Å². The van der Waals surface area contributed by atoms with Crippen LogP contribution in [0.1, 0.15) is 5.82 Å². The number of ether oxygens (including phenoxy) is 1. The van der Waals surface area contributed by atoms with Gasteiger partial charge >= 0.3 is 0 Å². The molecule has 7 rings (SSSR count). The molecule has 6 aromatic rings. The van der Waals surface area contributed by atoms with E-state index >= 15 is 0 Å². The van der Waals surface area contributed by atoms with E-state index in [-0.39, 0.29) is 18.4 Å². The van der Waals surface area contributed by atoms with Gasteiger partial charge in [0.05, 0.1) is 35.6 Å². The highest BCUT2D eigenvalue weighted by atomic mass is 19.1. The molecule has 1 saturated heterocycles. The topological polar surface area (TPSA) is 134 Å². The predicted molar refractivity (Wildman–Crippen MR) is 149 cm³/mol. The Labute approximate surface area is 233 Å². The third-order valence-corrected chi connectivity index (χ3v) is 7.28. The Kier molecular flexibility index (Phi) is 6.23. The summed E-state index contributed by atoms with van der Waals surface area (Å²) in [7, 11) is 1.79. The van der Waals surface area contributed by atoms with Gasteiger partial charge in [-0.25, -0.2) is 14.1 Å². The lowest BCUT2D eigenvalue weighted by molar-refractivity contribution is 0.245. The van der Waals surface area contributed by atoms with E-state index in [9.17, 15) is 4.39 Å². The van der Waals surface area contributed by atoms with Gasteiger partial charge in [-0.2, -0.15) is 24.8 Å². The maximum atomic E-state index is 15.0. The molecule has 41 heavy (non-hydrogen) atoms. The zero-order valence-corrected chi connectivity index (χ0v) is 22.4. The van der Waals surface area contributed by atoms with Crippen LogP contribution in [0.4, 0.5) is 16.0 Å². The molecule has 1 fully saturated rings. The van der Waals surface area contributed by atoms with Crippen LogP contribution in [0.3, 0.4) is 0 Å². The number of fused-ring (bicyclic) bond motifs is 3. The van der Waals surface area contributed by atoms with Crippen molar-refractivity contribution >= 4 is 28.2 Å². The van der Waals surface area contributed by atoms with E-state index in [0.717, 1.165) is 30.5 Å². The van der Waals surface area contributed by atoms with Crippen molar-refractivity contribution in [2.24, 2.45) is 7.05 Å². The standard InChI is InChI=1S/C27H28FN11O2/c1-35-17-30-25(34-35)16-41-18-4-5-22(20(28)13-18)37-9-6-36(7-10-37)8-11-38-26-19(15-31-38)23-14-21(24-3-2-12-40-24)33-39(23)27(29)32-26/h2-5,12-15,17H,6-11,16H2,1H3,(H2,29,32). The van der Waals surface area contributed by atoms with E-state index < -0.39 is 0 Å². The quantitative estimate of drug-likeness (QED) is 0.298. The number of anilines is 2. The molecule has 6 heterocycles. The van der Waals surface area contributed by atoms with Gasteiger partial charge in [0, 0.05) is 45.8 Å². The minimum Gasteiger partial charge on any atom is -0.485 e. The third kappa shape index (κ3) is 4.82. The van der Waals surface area contributed by atoms with Crippen LogP contribution in [0.2, 0.25) is 0 Å². The van der Waals surface area contributed by atoms with Crippen molar-refractivity contribution in [3.05, 3.63) is 66.8 Å². The Balaban J connectivity index is 0.975. The first-order valence-electron chi connectivity index (χ1n) is 13.3. The van der Waals surface area contributed by atoms with Crippen LogP contribution in [-0.4, -0.2) is 76.8 Å². The van der Waals surface area contributed by atoms with Gasteiger partial charge in [0.25, 0.3) is 0 Å². The molecular weight excluding hydrogens is 529 g/mol. The van der Waals surface area contributed by atoms with E-state index in [0.29, 0.717) is 54.0 Å². The molecular formula is C27H28FN11O2. The Morgan fingerprint density at radius 3 is 2.71 bits per heavy atom. The SMILES string of the molecule is Cn1cnc(COc2ccc(N3CCN(CCn4ncc5c4nc(N)n4nc(-c6ccco6)cc54)CC3)c(F)c2)n1. The first-order valence-corrected chi connectivity index (χ1v) is 13.3. The van der Waals surface area contributed by atoms with Crippen molar-refractivity contribution < 1.29 is 13.5 Å². The summed E-state index contributed by atoms with van der Waals surface area (Å²) in [5.74, 6) is 1.63. The van der Waals surface area contributed by atoms with Crippen LogP contribution in [0, 0.1) is 5.82 Å². The summed E-state index contributed by atoms with van der Waals surface area (Å²) in [6, 6.07) is 10.6. The van der Waals surface area contributed by atoms with Crippen molar-refractivity contribution in [2.45, 2.75) is 13.2 Å². The second kappa shape index (κ2) is 10.2. The molecule has 0 unspecified atom stereocenters. The molecule has 0 atom stereocenters. The molecule has 0 saturated carbocycles. The number of piperazine rings is 1. The number of nitrogens with two attached hydrogens (primary N) is 1. The maximum Gasteiger partial charge on any atom is 0.223 e. The molecule has 1 aromatic carbocycles. The highest BCUT2D eigenvalue weighted by Gasteiger charge is 2.21. The van der Waals surface area contributed by atoms with Crippen molar-refractivity contribution in [2.75, 3.05) is 43.4 Å². The van der Waals surface area contributed by atoms with Crippen molar-refractivity contribution in [3.63, 3.8) is 0 Å². The molecule has 0 spiro atoms. The number of furan rings is 1. The summed E-state index contributed by atoms with van der Waals surface area (Å²) in [5.41, 5.74) is 9.04. The van der Waals surface area contributed by atoms with Gasteiger partial charge in [0.1, 0.15) is 30.2 Å². The fraction of sp³-hybridized carbons (Fsp3) is 0.296. The third-order valence-electron chi connectivity index (χ3n) is 7.28. The number of benzene rings is 1. The minimum atomic E-state index is -0.307. The first kappa shape index (κ1) is 25.0. The molecule has 0 bridgehead atoms. The lowest BCUT2D eigenvalue weighted by Crippen LogP contribution is -2.47. The van der Waals surface area contributed by atoms with Crippen LogP contribution in [-0.2, 0) is 20.2 Å². The lowest BCUT2D eigenvalue weighted by atomic mass is 10.2. The summed E-state index contributed by atoms with van der Waals surface area (Å²) < 4.78 is 31.2. The number of hydrogen-bond acceptors (Lipinski definition) is 10.